The maximum atomic E-state index is 12.8. The van der Waals surface area contributed by atoms with Crippen LogP contribution in [-0.4, -0.2) is 41.1 Å². The molecule has 0 saturated carbocycles. The Balaban J connectivity index is 2.08. The largest absolute Gasteiger partial charge is 0.481 e. The van der Waals surface area contributed by atoms with Crippen molar-refractivity contribution in [2.45, 2.75) is 32.8 Å². The molecule has 2 aromatic rings. The molecule has 0 saturated heterocycles. The maximum absolute atomic E-state index is 12.8. The maximum Gasteiger partial charge on any atom is 0.335 e. The standard InChI is InChI=1S/C22H24N2O4/c1-4-24(14-15(2)19-7-5-6-8-20(19)22(26)27)21(25)16(3)28-18-11-9-17(13-23)10-12-18/h5-12,15-16H,4,14H2,1-3H3,(H,26,27). The van der Waals surface area contributed by atoms with Crippen LogP contribution >= 0.6 is 0 Å². The third-order valence-electron chi connectivity index (χ3n) is 4.55. The van der Waals surface area contributed by atoms with E-state index in [0.717, 1.165) is 0 Å². The Morgan fingerprint density at radius 1 is 1.14 bits per heavy atom. The van der Waals surface area contributed by atoms with Crippen LogP contribution in [0.2, 0.25) is 0 Å². The van der Waals surface area contributed by atoms with Crippen LogP contribution in [0.1, 0.15) is 48.2 Å². The molecule has 0 spiro atoms. The second-order valence-electron chi connectivity index (χ2n) is 6.57. The van der Waals surface area contributed by atoms with E-state index in [4.69, 9.17) is 10.00 Å². The summed E-state index contributed by atoms with van der Waals surface area (Å²) in [5.74, 6) is -0.778. The smallest absolute Gasteiger partial charge is 0.335 e. The fraction of sp³-hybridized carbons (Fsp3) is 0.318. The molecule has 1 N–H and O–H groups in total. The van der Waals surface area contributed by atoms with Crippen molar-refractivity contribution in [3.8, 4) is 11.8 Å². The number of benzene rings is 2. The summed E-state index contributed by atoms with van der Waals surface area (Å²) < 4.78 is 5.71. The molecular formula is C22H24N2O4. The van der Waals surface area contributed by atoms with Gasteiger partial charge >= 0.3 is 5.97 Å². The monoisotopic (exact) mass is 380 g/mol. The molecule has 2 aromatic carbocycles. The van der Waals surface area contributed by atoms with Gasteiger partial charge in [-0.25, -0.2) is 4.79 Å². The van der Waals surface area contributed by atoms with E-state index in [1.807, 2.05) is 19.9 Å². The van der Waals surface area contributed by atoms with Crippen LogP contribution in [0.4, 0.5) is 0 Å². The van der Waals surface area contributed by atoms with Gasteiger partial charge in [0, 0.05) is 13.1 Å². The highest BCUT2D eigenvalue weighted by atomic mass is 16.5. The number of amides is 1. The molecule has 0 bridgehead atoms. The zero-order valence-electron chi connectivity index (χ0n) is 16.3. The Kier molecular flexibility index (Phi) is 7.16. The van der Waals surface area contributed by atoms with E-state index in [0.29, 0.717) is 30.0 Å². The van der Waals surface area contributed by atoms with Crippen molar-refractivity contribution < 1.29 is 19.4 Å². The van der Waals surface area contributed by atoms with Gasteiger partial charge in [0.1, 0.15) is 5.75 Å². The van der Waals surface area contributed by atoms with Gasteiger partial charge in [-0.3, -0.25) is 4.79 Å². The molecule has 28 heavy (non-hydrogen) atoms. The molecule has 146 valence electrons. The number of nitrogens with zero attached hydrogens (tertiary/aromatic N) is 2. The van der Waals surface area contributed by atoms with Crippen molar-refractivity contribution >= 4 is 11.9 Å². The lowest BCUT2D eigenvalue weighted by Crippen LogP contribution is -2.42. The first-order chi connectivity index (χ1) is 13.4. The molecule has 0 radical (unpaired) electrons. The lowest BCUT2D eigenvalue weighted by atomic mass is 9.95. The number of carbonyl (C=O) groups excluding carboxylic acids is 1. The van der Waals surface area contributed by atoms with Gasteiger partial charge in [-0.2, -0.15) is 5.26 Å². The summed E-state index contributed by atoms with van der Waals surface area (Å²) in [5.41, 5.74) is 1.47. The predicted octanol–water partition coefficient (Wildman–Crippen LogP) is 3.68. The van der Waals surface area contributed by atoms with Gasteiger partial charge in [-0.15, -0.1) is 0 Å². The quantitative estimate of drug-likeness (QED) is 0.754. The zero-order valence-corrected chi connectivity index (χ0v) is 16.3. The number of rotatable bonds is 8. The van der Waals surface area contributed by atoms with E-state index < -0.39 is 12.1 Å². The number of hydrogen-bond acceptors (Lipinski definition) is 4. The van der Waals surface area contributed by atoms with Gasteiger partial charge in [0.25, 0.3) is 5.91 Å². The number of hydrogen-bond donors (Lipinski definition) is 1. The number of carboxylic acid groups (broad SMARTS) is 1. The summed E-state index contributed by atoms with van der Waals surface area (Å²) in [6.07, 6.45) is -0.699. The van der Waals surface area contributed by atoms with Crippen LogP contribution in [0.25, 0.3) is 0 Å². The third-order valence-corrected chi connectivity index (χ3v) is 4.55. The predicted molar refractivity (Wildman–Crippen MR) is 105 cm³/mol. The number of nitriles is 1. The van der Waals surface area contributed by atoms with E-state index in [2.05, 4.69) is 0 Å². The van der Waals surface area contributed by atoms with Gasteiger partial charge in [0.2, 0.25) is 0 Å². The van der Waals surface area contributed by atoms with Crippen LogP contribution in [-0.2, 0) is 4.79 Å². The highest BCUT2D eigenvalue weighted by Gasteiger charge is 2.24. The highest BCUT2D eigenvalue weighted by molar-refractivity contribution is 5.89. The molecule has 2 rings (SSSR count). The van der Waals surface area contributed by atoms with Crippen LogP contribution in [0.15, 0.2) is 48.5 Å². The van der Waals surface area contributed by atoms with Gasteiger partial charge < -0.3 is 14.7 Å². The molecule has 1 amide bonds. The van der Waals surface area contributed by atoms with Crippen molar-refractivity contribution in [1.29, 1.82) is 5.26 Å². The van der Waals surface area contributed by atoms with Crippen LogP contribution in [0.5, 0.6) is 5.75 Å². The first-order valence-corrected chi connectivity index (χ1v) is 9.15. The fourth-order valence-electron chi connectivity index (χ4n) is 3.05. The molecule has 2 unspecified atom stereocenters. The highest BCUT2D eigenvalue weighted by Crippen LogP contribution is 2.22. The van der Waals surface area contributed by atoms with Gasteiger partial charge in [0.05, 0.1) is 17.2 Å². The van der Waals surface area contributed by atoms with Crippen LogP contribution in [0.3, 0.4) is 0 Å². The lowest BCUT2D eigenvalue weighted by molar-refractivity contribution is -0.138. The number of aromatic carboxylic acids is 1. The molecule has 0 heterocycles. The minimum atomic E-state index is -0.977. The van der Waals surface area contributed by atoms with Crippen molar-refractivity contribution in [2.24, 2.45) is 0 Å². The summed E-state index contributed by atoms with van der Waals surface area (Å²) >= 11 is 0. The summed E-state index contributed by atoms with van der Waals surface area (Å²) in [5, 5.41) is 18.2. The van der Waals surface area contributed by atoms with Gasteiger partial charge in [-0.1, -0.05) is 25.1 Å². The van der Waals surface area contributed by atoms with Crippen molar-refractivity contribution in [3.05, 3.63) is 65.2 Å². The molecule has 0 aliphatic carbocycles. The SMILES string of the molecule is CCN(CC(C)c1ccccc1C(=O)O)C(=O)C(C)Oc1ccc(C#N)cc1. The van der Waals surface area contributed by atoms with Gasteiger partial charge in [-0.05, 0) is 55.7 Å². The van der Waals surface area contributed by atoms with Crippen molar-refractivity contribution in [3.63, 3.8) is 0 Å². The molecule has 6 nitrogen and oxygen atoms in total. The first kappa shape index (κ1) is 21.0. The Bertz CT molecular complexity index is 871. The first-order valence-electron chi connectivity index (χ1n) is 9.15. The number of ether oxygens (including phenoxy) is 1. The van der Waals surface area contributed by atoms with E-state index in [1.165, 1.54) is 0 Å². The van der Waals surface area contributed by atoms with Crippen LogP contribution in [0, 0.1) is 11.3 Å². The molecule has 0 fully saturated rings. The summed E-state index contributed by atoms with van der Waals surface area (Å²) in [6, 6.07) is 15.5. The van der Waals surface area contributed by atoms with E-state index in [9.17, 15) is 14.7 Å². The Hall–Kier alpha value is -3.33. The normalized spacial score (nSPS) is 12.5. The Morgan fingerprint density at radius 3 is 2.36 bits per heavy atom. The van der Waals surface area contributed by atoms with Gasteiger partial charge in [0.15, 0.2) is 6.10 Å². The molecule has 0 aromatic heterocycles. The third kappa shape index (κ3) is 5.10. The summed E-state index contributed by atoms with van der Waals surface area (Å²) in [7, 11) is 0. The molecule has 2 atom stereocenters. The number of carboxylic acids is 1. The zero-order chi connectivity index (χ0) is 20.7. The van der Waals surface area contributed by atoms with Crippen LogP contribution < -0.4 is 4.74 Å². The fourth-order valence-corrected chi connectivity index (χ4v) is 3.05. The summed E-state index contributed by atoms with van der Waals surface area (Å²) in [6.45, 7) is 6.34. The summed E-state index contributed by atoms with van der Waals surface area (Å²) in [4.78, 5) is 25.9. The molecule has 6 heteroatoms. The van der Waals surface area contributed by atoms with E-state index >= 15 is 0 Å². The minimum absolute atomic E-state index is 0.140. The lowest BCUT2D eigenvalue weighted by Gasteiger charge is -2.28. The number of likely N-dealkylation sites (N-methyl/N-ethyl adjacent to an activating group) is 1. The minimum Gasteiger partial charge on any atom is -0.481 e. The second-order valence-corrected chi connectivity index (χ2v) is 6.57. The molecular weight excluding hydrogens is 356 g/mol. The topological polar surface area (TPSA) is 90.6 Å². The second kappa shape index (κ2) is 9.56. The van der Waals surface area contributed by atoms with E-state index in [-0.39, 0.29) is 17.4 Å². The van der Waals surface area contributed by atoms with Crippen molar-refractivity contribution in [1.82, 2.24) is 4.90 Å². The van der Waals surface area contributed by atoms with Crippen molar-refractivity contribution in [2.75, 3.05) is 13.1 Å². The Morgan fingerprint density at radius 2 is 1.79 bits per heavy atom. The molecule has 0 aliphatic rings. The van der Waals surface area contributed by atoms with E-state index in [1.54, 1.807) is 60.4 Å². The number of carbonyl (C=O) groups is 2. The molecule has 0 aliphatic heterocycles. The average Bonchev–Trinajstić information content (AvgIpc) is 2.71. The Labute approximate surface area is 165 Å². The average molecular weight is 380 g/mol.